The first-order valence-electron chi connectivity index (χ1n) is 7.28. The highest BCUT2D eigenvalue weighted by Gasteiger charge is 2.21. The van der Waals surface area contributed by atoms with Crippen LogP contribution in [0.2, 0.25) is 0 Å². The molecule has 7 heteroatoms. The minimum absolute atomic E-state index is 0.0800. The highest BCUT2D eigenvalue weighted by Crippen LogP contribution is 2.17. The number of carbonyl (C=O) groups is 1. The van der Waals surface area contributed by atoms with Crippen LogP contribution in [0.1, 0.15) is 31.1 Å². The molecule has 0 saturated heterocycles. The predicted molar refractivity (Wildman–Crippen MR) is 90.9 cm³/mol. The topological polar surface area (TPSA) is 75.3 Å². The molecule has 0 unspecified atom stereocenters. The van der Waals surface area contributed by atoms with E-state index < -0.39 is 27.3 Å². The summed E-state index contributed by atoms with van der Waals surface area (Å²) in [5.41, 5.74) is -0.308. The minimum Gasteiger partial charge on any atom is -0.322 e. The monoisotopic (exact) mass is 350 g/mol. The second kappa shape index (κ2) is 6.70. The van der Waals surface area contributed by atoms with Crippen molar-refractivity contribution in [2.24, 2.45) is 0 Å². The normalized spacial score (nSPS) is 12.0. The summed E-state index contributed by atoms with van der Waals surface area (Å²) in [6, 6.07) is 11.3. The number of hydrogen-bond donors (Lipinski definition) is 2. The standard InChI is InChI=1S/C17H19FN2O3S/c1-17(2,3)20-24(22,23)13-10-8-12(9-11-13)19-16(21)14-6-4-5-7-15(14)18/h4-11,20H,1-3H3,(H,19,21). The summed E-state index contributed by atoms with van der Waals surface area (Å²) >= 11 is 0. The number of sulfonamides is 1. The van der Waals surface area contributed by atoms with Gasteiger partial charge in [-0.05, 0) is 57.2 Å². The Morgan fingerprint density at radius 1 is 1.00 bits per heavy atom. The first-order chi connectivity index (χ1) is 11.1. The lowest BCUT2D eigenvalue weighted by Crippen LogP contribution is -2.40. The molecule has 1 amide bonds. The molecule has 0 spiro atoms. The van der Waals surface area contributed by atoms with Crippen molar-refractivity contribution in [3.8, 4) is 0 Å². The third kappa shape index (κ3) is 4.62. The summed E-state index contributed by atoms with van der Waals surface area (Å²) in [5, 5.41) is 2.53. The molecule has 2 N–H and O–H groups in total. The molecule has 0 saturated carbocycles. The lowest BCUT2D eigenvalue weighted by molar-refractivity contribution is 0.102. The van der Waals surface area contributed by atoms with Crippen molar-refractivity contribution >= 4 is 21.6 Å². The second-order valence-electron chi connectivity index (χ2n) is 6.31. The Bertz CT molecular complexity index is 841. The molecule has 5 nitrogen and oxygen atoms in total. The van der Waals surface area contributed by atoms with E-state index in [-0.39, 0.29) is 10.5 Å². The molecule has 0 aromatic heterocycles. The SMILES string of the molecule is CC(C)(C)NS(=O)(=O)c1ccc(NC(=O)c2ccccc2F)cc1. The third-order valence-electron chi connectivity index (χ3n) is 2.98. The Kier molecular flexibility index (Phi) is 5.05. The van der Waals surface area contributed by atoms with Gasteiger partial charge >= 0.3 is 0 Å². The first kappa shape index (κ1) is 18.1. The summed E-state index contributed by atoms with van der Waals surface area (Å²) in [6.45, 7) is 5.23. The zero-order valence-corrected chi connectivity index (χ0v) is 14.4. The highest BCUT2D eigenvalue weighted by molar-refractivity contribution is 7.89. The van der Waals surface area contributed by atoms with E-state index in [9.17, 15) is 17.6 Å². The van der Waals surface area contributed by atoms with Gasteiger partial charge < -0.3 is 5.32 Å². The fraction of sp³-hybridized carbons (Fsp3) is 0.235. The summed E-state index contributed by atoms with van der Waals surface area (Å²) in [6.07, 6.45) is 0. The van der Waals surface area contributed by atoms with E-state index in [1.807, 2.05) is 0 Å². The van der Waals surface area contributed by atoms with Gasteiger partial charge in [0, 0.05) is 11.2 Å². The molecule has 0 heterocycles. The van der Waals surface area contributed by atoms with E-state index in [1.54, 1.807) is 26.8 Å². The Hall–Kier alpha value is -2.25. The van der Waals surface area contributed by atoms with Crippen molar-refractivity contribution in [2.45, 2.75) is 31.2 Å². The molecular weight excluding hydrogens is 331 g/mol. The number of hydrogen-bond acceptors (Lipinski definition) is 3. The van der Waals surface area contributed by atoms with E-state index in [4.69, 9.17) is 0 Å². The van der Waals surface area contributed by atoms with Crippen LogP contribution in [-0.4, -0.2) is 19.9 Å². The quantitative estimate of drug-likeness (QED) is 0.889. The van der Waals surface area contributed by atoms with Crippen molar-refractivity contribution in [1.82, 2.24) is 4.72 Å². The number of rotatable bonds is 4. The van der Waals surface area contributed by atoms with E-state index in [2.05, 4.69) is 10.0 Å². The molecule has 0 aliphatic rings. The van der Waals surface area contributed by atoms with Gasteiger partial charge in [-0.3, -0.25) is 4.79 Å². The van der Waals surface area contributed by atoms with Crippen LogP contribution in [0.25, 0.3) is 0 Å². The molecule has 0 radical (unpaired) electrons. The number of carbonyl (C=O) groups excluding carboxylic acids is 1. The first-order valence-corrected chi connectivity index (χ1v) is 8.77. The average Bonchev–Trinajstić information content (AvgIpc) is 2.45. The van der Waals surface area contributed by atoms with Crippen LogP contribution in [0.3, 0.4) is 0 Å². The van der Waals surface area contributed by atoms with Gasteiger partial charge in [-0.15, -0.1) is 0 Å². The zero-order chi connectivity index (χ0) is 18.0. The predicted octanol–water partition coefficient (Wildman–Crippen LogP) is 3.15. The third-order valence-corrected chi connectivity index (χ3v) is 4.76. The summed E-state index contributed by atoms with van der Waals surface area (Å²) < 4.78 is 40.5. The Morgan fingerprint density at radius 3 is 2.12 bits per heavy atom. The van der Waals surface area contributed by atoms with Crippen LogP contribution < -0.4 is 10.0 Å². The molecule has 0 bridgehead atoms. The van der Waals surface area contributed by atoms with Crippen molar-refractivity contribution in [3.05, 3.63) is 59.9 Å². The van der Waals surface area contributed by atoms with Gasteiger partial charge in [0.1, 0.15) is 5.82 Å². The number of amides is 1. The zero-order valence-electron chi connectivity index (χ0n) is 13.6. The van der Waals surface area contributed by atoms with E-state index in [0.29, 0.717) is 5.69 Å². The maximum Gasteiger partial charge on any atom is 0.258 e. The Morgan fingerprint density at radius 2 is 1.58 bits per heavy atom. The molecule has 0 aliphatic carbocycles. The molecule has 0 aliphatic heterocycles. The summed E-state index contributed by atoms with van der Waals surface area (Å²) in [7, 11) is -3.64. The number of halogens is 1. The van der Waals surface area contributed by atoms with Crippen LogP contribution in [-0.2, 0) is 10.0 Å². The average molecular weight is 350 g/mol. The number of nitrogens with one attached hydrogen (secondary N) is 2. The van der Waals surface area contributed by atoms with Gasteiger partial charge in [0.15, 0.2) is 0 Å². The second-order valence-corrected chi connectivity index (χ2v) is 8.00. The molecular formula is C17H19FN2O3S. The summed E-state index contributed by atoms with van der Waals surface area (Å²) in [5.74, 6) is -1.22. The summed E-state index contributed by atoms with van der Waals surface area (Å²) in [4.78, 5) is 12.1. The Balaban J connectivity index is 2.16. The lowest BCUT2D eigenvalue weighted by atomic mass is 10.1. The van der Waals surface area contributed by atoms with Gasteiger partial charge in [-0.2, -0.15) is 0 Å². The van der Waals surface area contributed by atoms with Crippen LogP contribution >= 0.6 is 0 Å². The van der Waals surface area contributed by atoms with Gasteiger partial charge in [0.05, 0.1) is 10.5 Å². The molecule has 0 atom stereocenters. The number of benzene rings is 2. The Labute approximate surface area is 141 Å². The fourth-order valence-corrected chi connectivity index (χ4v) is 3.44. The van der Waals surface area contributed by atoms with Crippen molar-refractivity contribution in [1.29, 1.82) is 0 Å². The lowest BCUT2D eigenvalue weighted by Gasteiger charge is -2.20. The molecule has 2 aromatic rings. The van der Waals surface area contributed by atoms with E-state index in [1.165, 1.54) is 42.5 Å². The maximum atomic E-state index is 13.6. The molecule has 0 fully saturated rings. The molecule has 2 rings (SSSR count). The van der Waals surface area contributed by atoms with Gasteiger partial charge in [-0.1, -0.05) is 12.1 Å². The van der Waals surface area contributed by atoms with Crippen molar-refractivity contribution in [2.75, 3.05) is 5.32 Å². The van der Waals surface area contributed by atoms with Crippen LogP contribution in [0, 0.1) is 5.82 Å². The molecule has 128 valence electrons. The van der Waals surface area contributed by atoms with Gasteiger partial charge in [-0.25, -0.2) is 17.5 Å². The minimum atomic E-state index is -3.64. The number of anilines is 1. The molecule has 2 aromatic carbocycles. The van der Waals surface area contributed by atoms with Crippen molar-refractivity contribution < 1.29 is 17.6 Å². The largest absolute Gasteiger partial charge is 0.322 e. The van der Waals surface area contributed by atoms with Gasteiger partial charge in [0.2, 0.25) is 10.0 Å². The van der Waals surface area contributed by atoms with E-state index >= 15 is 0 Å². The fourth-order valence-electron chi connectivity index (χ4n) is 2.02. The maximum absolute atomic E-state index is 13.6. The van der Waals surface area contributed by atoms with Crippen molar-refractivity contribution in [3.63, 3.8) is 0 Å². The molecule has 24 heavy (non-hydrogen) atoms. The smallest absolute Gasteiger partial charge is 0.258 e. The van der Waals surface area contributed by atoms with Crippen LogP contribution in [0.5, 0.6) is 0 Å². The van der Waals surface area contributed by atoms with Crippen LogP contribution in [0.4, 0.5) is 10.1 Å². The van der Waals surface area contributed by atoms with E-state index in [0.717, 1.165) is 0 Å². The van der Waals surface area contributed by atoms with Crippen LogP contribution in [0.15, 0.2) is 53.4 Å². The van der Waals surface area contributed by atoms with Gasteiger partial charge in [0.25, 0.3) is 5.91 Å². The highest BCUT2D eigenvalue weighted by atomic mass is 32.2.